The Kier molecular flexibility index (Phi) is 4.59. The van der Waals surface area contributed by atoms with Crippen molar-refractivity contribution in [3.63, 3.8) is 0 Å². The maximum atomic E-state index is 12.2. The summed E-state index contributed by atoms with van der Waals surface area (Å²) in [7, 11) is 0. The van der Waals surface area contributed by atoms with E-state index in [1.165, 1.54) is 19.3 Å². The second kappa shape index (κ2) is 6.19. The molecule has 1 heterocycles. The fourth-order valence-corrected chi connectivity index (χ4v) is 2.89. The smallest absolute Gasteiger partial charge is 0.254 e. The molecule has 1 aliphatic carbocycles. The van der Waals surface area contributed by atoms with Gasteiger partial charge in [-0.3, -0.25) is 4.79 Å². The van der Waals surface area contributed by atoms with E-state index in [4.69, 9.17) is 11.6 Å². The van der Waals surface area contributed by atoms with Crippen molar-refractivity contribution in [1.82, 2.24) is 10.3 Å². The number of hydrogen-bond acceptors (Lipinski definition) is 2. The Morgan fingerprint density at radius 1 is 1.50 bits per heavy atom. The van der Waals surface area contributed by atoms with Crippen LogP contribution in [0.4, 0.5) is 0 Å². The average molecular weight is 267 g/mol. The van der Waals surface area contributed by atoms with E-state index >= 15 is 0 Å². The standard InChI is InChI=1S/C14H19ClN2O/c1-2-10-6-3-4-8-12(10)17-14(18)11-7-5-9-16-13(11)15/h5,7,9-10,12H,2-4,6,8H2,1H3,(H,17,18)/t10-,12-/m1/s1. The van der Waals surface area contributed by atoms with Gasteiger partial charge in [-0.15, -0.1) is 0 Å². The molecule has 1 aliphatic rings. The fraction of sp³-hybridized carbons (Fsp3) is 0.571. The minimum Gasteiger partial charge on any atom is -0.349 e. The molecule has 0 aromatic carbocycles. The highest BCUT2D eigenvalue weighted by atomic mass is 35.5. The van der Waals surface area contributed by atoms with Crippen molar-refractivity contribution in [3.8, 4) is 0 Å². The van der Waals surface area contributed by atoms with E-state index in [9.17, 15) is 4.79 Å². The van der Waals surface area contributed by atoms with Gasteiger partial charge in [-0.25, -0.2) is 4.98 Å². The summed E-state index contributed by atoms with van der Waals surface area (Å²) >= 11 is 5.94. The van der Waals surface area contributed by atoms with Gasteiger partial charge in [0.2, 0.25) is 0 Å². The van der Waals surface area contributed by atoms with Gasteiger partial charge in [0.05, 0.1) is 5.56 Å². The highest BCUT2D eigenvalue weighted by Crippen LogP contribution is 2.27. The normalized spacial score (nSPS) is 23.7. The molecular formula is C14H19ClN2O. The number of halogens is 1. The first kappa shape index (κ1) is 13.3. The number of carbonyl (C=O) groups excluding carboxylic acids is 1. The van der Waals surface area contributed by atoms with E-state index in [1.54, 1.807) is 18.3 Å². The van der Waals surface area contributed by atoms with E-state index in [2.05, 4.69) is 17.2 Å². The molecule has 1 aromatic heterocycles. The number of carbonyl (C=O) groups is 1. The predicted octanol–water partition coefficient (Wildman–Crippen LogP) is 3.43. The van der Waals surface area contributed by atoms with Crippen LogP contribution < -0.4 is 5.32 Å². The van der Waals surface area contributed by atoms with Crippen LogP contribution in [0.3, 0.4) is 0 Å². The van der Waals surface area contributed by atoms with Crippen LogP contribution in [-0.2, 0) is 0 Å². The van der Waals surface area contributed by atoms with Crippen molar-refractivity contribution in [3.05, 3.63) is 29.0 Å². The topological polar surface area (TPSA) is 42.0 Å². The van der Waals surface area contributed by atoms with Gasteiger partial charge in [-0.2, -0.15) is 0 Å². The molecule has 0 bridgehead atoms. The summed E-state index contributed by atoms with van der Waals surface area (Å²) in [6.07, 6.45) is 7.46. The second-order valence-corrected chi connectivity index (χ2v) is 5.23. The summed E-state index contributed by atoms with van der Waals surface area (Å²) in [5.74, 6) is 0.497. The zero-order chi connectivity index (χ0) is 13.0. The molecule has 1 saturated carbocycles. The Labute approximate surface area is 113 Å². The number of aromatic nitrogens is 1. The lowest BCUT2D eigenvalue weighted by Gasteiger charge is -2.31. The SMILES string of the molecule is CC[C@@H]1CCCC[C@H]1NC(=O)c1cccnc1Cl. The Morgan fingerprint density at radius 2 is 2.28 bits per heavy atom. The van der Waals surface area contributed by atoms with E-state index < -0.39 is 0 Å². The molecule has 1 fully saturated rings. The van der Waals surface area contributed by atoms with Gasteiger partial charge in [0.15, 0.2) is 0 Å². The molecule has 4 heteroatoms. The van der Waals surface area contributed by atoms with Gasteiger partial charge in [0, 0.05) is 12.2 Å². The number of pyridine rings is 1. The first-order chi connectivity index (χ1) is 8.72. The van der Waals surface area contributed by atoms with Crippen LogP contribution in [0.5, 0.6) is 0 Å². The van der Waals surface area contributed by atoms with Crippen LogP contribution in [0.2, 0.25) is 5.15 Å². The lowest BCUT2D eigenvalue weighted by molar-refractivity contribution is 0.0904. The van der Waals surface area contributed by atoms with Crippen molar-refractivity contribution < 1.29 is 4.79 Å². The van der Waals surface area contributed by atoms with Gasteiger partial charge in [0.1, 0.15) is 5.15 Å². The van der Waals surface area contributed by atoms with Crippen LogP contribution in [0.25, 0.3) is 0 Å². The Balaban J connectivity index is 2.04. The quantitative estimate of drug-likeness (QED) is 0.852. The van der Waals surface area contributed by atoms with Crippen molar-refractivity contribution in [2.75, 3.05) is 0 Å². The van der Waals surface area contributed by atoms with Crippen LogP contribution in [-0.4, -0.2) is 16.9 Å². The zero-order valence-corrected chi connectivity index (χ0v) is 11.4. The molecule has 18 heavy (non-hydrogen) atoms. The minimum atomic E-state index is -0.0987. The summed E-state index contributed by atoms with van der Waals surface area (Å²) in [6, 6.07) is 3.74. The van der Waals surface area contributed by atoms with Crippen molar-refractivity contribution in [2.24, 2.45) is 5.92 Å². The maximum absolute atomic E-state index is 12.2. The average Bonchev–Trinajstić information content (AvgIpc) is 2.39. The van der Waals surface area contributed by atoms with Crippen LogP contribution in [0.15, 0.2) is 18.3 Å². The number of nitrogens with one attached hydrogen (secondary N) is 1. The van der Waals surface area contributed by atoms with E-state index in [1.807, 2.05) is 0 Å². The molecule has 0 saturated heterocycles. The third-order valence-corrected chi connectivity index (χ3v) is 4.05. The number of rotatable bonds is 3. The molecule has 0 unspecified atom stereocenters. The molecule has 0 spiro atoms. The van der Waals surface area contributed by atoms with E-state index in [0.717, 1.165) is 12.8 Å². The molecule has 2 atom stereocenters. The molecule has 1 N–H and O–H groups in total. The summed E-state index contributed by atoms with van der Waals surface area (Å²) in [5.41, 5.74) is 0.472. The molecule has 1 aromatic rings. The lowest BCUT2D eigenvalue weighted by atomic mass is 9.83. The molecular weight excluding hydrogens is 248 g/mol. The maximum Gasteiger partial charge on any atom is 0.254 e. The van der Waals surface area contributed by atoms with Gasteiger partial charge < -0.3 is 5.32 Å². The van der Waals surface area contributed by atoms with Gasteiger partial charge >= 0.3 is 0 Å². The molecule has 98 valence electrons. The Morgan fingerprint density at radius 3 is 3.00 bits per heavy atom. The Hall–Kier alpha value is -1.09. The van der Waals surface area contributed by atoms with E-state index in [0.29, 0.717) is 11.5 Å². The number of nitrogens with zero attached hydrogens (tertiary/aromatic N) is 1. The first-order valence-corrected chi connectivity index (χ1v) is 7.01. The molecule has 0 aliphatic heterocycles. The van der Waals surface area contributed by atoms with Crippen molar-refractivity contribution in [1.29, 1.82) is 0 Å². The third-order valence-electron chi connectivity index (χ3n) is 3.75. The number of hydrogen-bond donors (Lipinski definition) is 1. The van der Waals surface area contributed by atoms with Crippen LogP contribution in [0, 0.1) is 5.92 Å². The van der Waals surface area contributed by atoms with E-state index in [-0.39, 0.29) is 17.1 Å². The third kappa shape index (κ3) is 3.02. The first-order valence-electron chi connectivity index (χ1n) is 6.63. The van der Waals surface area contributed by atoms with Gasteiger partial charge in [-0.1, -0.05) is 37.8 Å². The molecule has 1 amide bonds. The predicted molar refractivity (Wildman–Crippen MR) is 72.8 cm³/mol. The Bertz CT molecular complexity index is 422. The summed E-state index contributed by atoms with van der Waals surface area (Å²) in [4.78, 5) is 16.1. The summed E-state index contributed by atoms with van der Waals surface area (Å²) < 4.78 is 0. The van der Waals surface area contributed by atoms with Crippen LogP contribution in [0.1, 0.15) is 49.4 Å². The highest BCUT2D eigenvalue weighted by molar-refractivity contribution is 6.32. The zero-order valence-electron chi connectivity index (χ0n) is 10.7. The second-order valence-electron chi connectivity index (χ2n) is 4.87. The summed E-state index contributed by atoms with van der Waals surface area (Å²) in [6.45, 7) is 2.19. The van der Waals surface area contributed by atoms with Crippen molar-refractivity contribution >= 4 is 17.5 Å². The molecule has 0 radical (unpaired) electrons. The molecule has 3 nitrogen and oxygen atoms in total. The monoisotopic (exact) mass is 266 g/mol. The van der Waals surface area contributed by atoms with Crippen molar-refractivity contribution in [2.45, 2.75) is 45.1 Å². The fourth-order valence-electron chi connectivity index (χ4n) is 2.69. The van der Waals surface area contributed by atoms with Gasteiger partial charge in [0.25, 0.3) is 5.91 Å². The lowest BCUT2D eigenvalue weighted by Crippen LogP contribution is -2.42. The van der Waals surface area contributed by atoms with Crippen LogP contribution >= 0.6 is 11.6 Å². The number of amides is 1. The largest absolute Gasteiger partial charge is 0.349 e. The minimum absolute atomic E-state index is 0.0987. The summed E-state index contributed by atoms with van der Waals surface area (Å²) in [5, 5.41) is 3.39. The van der Waals surface area contributed by atoms with Gasteiger partial charge in [-0.05, 0) is 30.9 Å². The highest BCUT2D eigenvalue weighted by Gasteiger charge is 2.25. The molecule has 2 rings (SSSR count).